The summed E-state index contributed by atoms with van der Waals surface area (Å²) in [7, 11) is 3.95. The Morgan fingerprint density at radius 3 is 2.34 bits per heavy atom. The first-order valence-corrected chi connectivity index (χ1v) is 11.0. The third-order valence-corrected chi connectivity index (χ3v) is 5.68. The lowest BCUT2D eigenvalue weighted by molar-refractivity contribution is 0.00898. The number of benzene rings is 1. The summed E-state index contributed by atoms with van der Waals surface area (Å²) in [6.07, 6.45) is 8.55. The monoisotopic (exact) mass is 408 g/mol. The number of unbranched alkanes of at least 4 members (excludes halogenated alkanes) is 2. The van der Waals surface area contributed by atoms with Crippen LogP contribution in [0.3, 0.4) is 0 Å². The van der Waals surface area contributed by atoms with Gasteiger partial charge in [0.15, 0.2) is 0 Å². The predicted octanol–water partition coefficient (Wildman–Crippen LogP) is 5.10. The van der Waals surface area contributed by atoms with Gasteiger partial charge >= 0.3 is 6.09 Å². The summed E-state index contributed by atoms with van der Waals surface area (Å²) in [5, 5.41) is 0. The van der Waals surface area contributed by atoms with E-state index in [-0.39, 0.29) is 18.0 Å². The molecule has 0 bridgehead atoms. The van der Waals surface area contributed by atoms with Crippen molar-refractivity contribution in [3.8, 4) is 5.75 Å². The number of carbonyl (C=O) groups is 1. The Morgan fingerprint density at radius 2 is 1.69 bits per heavy atom. The van der Waals surface area contributed by atoms with Crippen molar-refractivity contribution in [2.45, 2.75) is 70.4 Å². The van der Waals surface area contributed by atoms with Crippen molar-refractivity contribution in [1.82, 2.24) is 9.80 Å². The van der Waals surface area contributed by atoms with Gasteiger partial charge in [0.05, 0.1) is 6.10 Å². The van der Waals surface area contributed by atoms with Gasteiger partial charge in [-0.05, 0) is 76.4 Å². The maximum atomic E-state index is 13.0. The summed E-state index contributed by atoms with van der Waals surface area (Å²) in [6, 6.07) is 5.66. The molecule has 0 unspecified atom stereocenters. The minimum Gasteiger partial charge on any atom is -0.410 e. The summed E-state index contributed by atoms with van der Waals surface area (Å²) in [5.41, 5.74) is 0. The van der Waals surface area contributed by atoms with E-state index in [0.29, 0.717) is 5.75 Å². The number of carbonyl (C=O) groups excluding carboxylic acids is 1. The Hall–Kier alpha value is -1.66. The topological polar surface area (TPSA) is 42.0 Å². The molecule has 0 aliphatic heterocycles. The Labute approximate surface area is 175 Å². The molecule has 29 heavy (non-hydrogen) atoms. The van der Waals surface area contributed by atoms with Gasteiger partial charge in [-0.1, -0.05) is 19.8 Å². The molecule has 5 nitrogen and oxygen atoms in total. The molecule has 0 atom stereocenters. The fraction of sp³-hybridized carbons (Fsp3) is 0.696. The molecule has 6 heteroatoms. The molecule has 0 spiro atoms. The number of hydrogen-bond donors (Lipinski definition) is 0. The molecule has 0 N–H and O–H groups in total. The normalized spacial score (nSPS) is 19.3. The van der Waals surface area contributed by atoms with Crippen LogP contribution in [-0.2, 0) is 4.74 Å². The van der Waals surface area contributed by atoms with Crippen molar-refractivity contribution < 1.29 is 18.7 Å². The highest BCUT2D eigenvalue weighted by Crippen LogP contribution is 2.25. The van der Waals surface area contributed by atoms with Gasteiger partial charge in [-0.2, -0.15) is 0 Å². The molecule has 0 heterocycles. The molecule has 0 radical (unpaired) electrons. The average Bonchev–Trinajstić information content (AvgIpc) is 2.73. The van der Waals surface area contributed by atoms with Gasteiger partial charge in [0.2, 0.25) is 0 Å². The summed E-state index contributed by atoms with van der Waals surface area (Å²) >= 11 is 0. The van der Waals surface area contributed by atoms with Crippen molar-refractivity contribution in [3.63, 3.8) is 0 Å². The van der Waals surface area contributed by atoms with E-state index in [4.69, 9.17) is 9.47 Å². The van der Waals surface area contributed by atoms with E-state index >= 15 is 0 Å². The third kappa shape index (κ3) is 8.70. The molecule has 1 saturated carbocycles. The molecule has 1 aliphatic carbocycles. The molecule has 1 aliphatic rings. The first-order valence-electron chi connectivity index (χ1n) is 11.0. The first-order chi connectivity index (χ1) is 14.0. The summed E-state index contributed by atoms with van der Waals surface area (Å²) in [5.74, 6) is 0.0135. The van der Waals surface area contributed by atoms with E-state index < -0.39 is 6.09 Å². The van der Waals surface area contributed by atoms with Gasteiger partial charge in [-0.3, -0.25) is 0 Å². The quantitative estimate of drug-likeness (QED) is 0.478. The highest BCUT2D eigenvalue weighted by Gasteiger charge is 2.27. The van der Waals surface area contributed by atoms with E-state index in [1.165, 1.54) is 50.1 Å². The third-order valence-electron chi connectivity index (χ3n) is 5.68. The van der Waals surface area contributed by atoms with Gasteiger partial charge in [-0.25, -0.2) is 9.18 Å². The number of halogens is 1. The van der Waals surface area contributed by atoms with Crippen molar-refractivity contribution in [1.29, 1.82) is 0 Å². The van der Waals surface area contributed by atoms with E-state index in [9.17, 15) is 9.18 Å². The molecule has 1 aromatic carbocycles. The first kappa shape index (κ1) is 23.6. The summed E-state index contributed by atoms with van der Waals surface area (Å²) < 4.78 is 24.3. The van der Waals surface area contributed by atoms with Crippen LogP contribution in [0.15, 0.2) is 24.3 Å². The standard InChI is InChI=1S/C23H37FN2O3/c1-4-5-6-16-25(2)17-7-18-28-21-14-10-20(11-15-21)26(3)23(27)29-22-12-8-19(24)9-13-22/h8-9,12-13,20-21H,4-7,10-11,14-18H2,1-3H3/t20-,21-. The van der Waals surface area contributed by atoms with Crippen LogP contribution in [0.5, 0.6) is 5.75 Å². The minimum absolute atomic E-state index is 0.160. The van der Waals surface area contributed by atoms with Crippen molar-refractivity contribution in [2.24, 2.45) is 0 Å². The number of rotatable bonds is 11. The number of hydrogen-bond acceptors (Lipinski definition) is 4. The predicted molar refractivity (Wildman–Crippen MR) is 114 cm³/mol. The molecule has 1 fully saturated rings. The van der Waals surface area contributed by atoms with E-state index in [1.54, 1.807) is 11.9 Å². The molecule has 2 rings (SSSR count). The Balaban J connectivity index is 1.60. The van der Waals surface area contributed by atoms with Crippen LogP contribution in [0.25, 0.3) is 0 Å². The fourth-order valence-corrected chi connectivity index (χ4v) is 3.75. The highest BCUT2D eigenvalue weighted by atomic mass is 19.1. The lowest BCUT2D eigenvalue weighted by Gasteiger charge is -2.34. The number of ether oxygens (including phenoxy) is 2. The molecule has 0 saturated heterocycles. The second-order valence-electron chi connectivity index (χ2n) is 8.10. The maximum absolute atomic E-state index is 13.0. The van der Waals surface area contributed by atoms with Gasteiger partial charge in [0, 0.05) is 26.2 Å². The maximum Gasteiger partial charge on any atom is 0.415 e. The minimum atomic E-state index is -0.396. The van der Waals surface area contributed by atoms with Crippen LogP contribution in [0.2, 0.25) is 0 Å². The van der Waals surface area contributed by atoms with Gasteiger partial charge in [-0.15, -0.1) is 0 Å². The van der Waals surface area contributed by atoms with Crippen LogP contribution >= 0.6 is 0 Å². The largest absolute Gasteiger partial charge is 0.415 e. The molecule has 1 aromatic rings. The van der Waals surface area contributed by atoms with Gasteiger partial charge in [0.25, 0.3) is 0 Å². The number of nitrogens with zero attached hydrogens (tertiary/aromatic N) is 2. The van der Waals surface area contributed by atoms with Gasteiger partial charge in [0.1, 0.15) is 11.6 Å². The van der Waals surface area contributed by atoms with Crippen molar-refractivity contribution in [2.75, 3.05) is 33.8 Å². The zero-order valence-electron chi connectivity index (χ0n) is 18.2. The van der Waals surface area contributed by atoms with Crippen molar-refractivity contribution >= 4 is 6.09 Å². The Kier molecular flexibility index (Phi) is 10.4. The Morgan fingerprint density at radius 1 is 1.03 bits per heavy atom. The van der Waals surface area contributed by atoms with Crippen LogP contribution in [0.4, 0.5) is 9.18 Å². The van der Waals surface area contributed by atoms with Gasteiger partial charge < -0.3 is 19.3 Å². The fourth-order valence-electron chi connectivity index (χ4n) is 3.75. The van der Waals surface area contributed by atoms with E-state index in [0.717, 1.165) is 45.3 Å². The second kappa shape index (κ2) is 12.8. The van der Waals surface area contributed by atoms with Crippen LogP contribution in [0, 0.1) is 5.82 Å². The summed E-state index contributed by atoms with van der Waals surface area (Å²) in [4.78, 5) is 16.4. The highest BCUT2D eigenvalue weighted by molar-refractivity contribution is 5.70. The van der Waals surface area contributed by atoms with Crippen LogP contribution in [0.1, 0.15) is 58.3 Å². The zero-order valence-corrected chi connectivity index (χ0v) is 18.2. The Bertz CT molecular complexity index is 588. The molecule has 164 valence electrons. The molecule has 1 amide bonds. The zero-order chi connectivity index (χ0) is 21.1. The summed E-state index contributed by atoms with van der Waals surface area (Å²) in [6.45, 7) is 5.28. The van der Waals surface area contributed by atoms with E-state index in [1.807, 2.05) is 0 Å². The second-order valence-corrected chi connectivity index (χ2v) is 8.10. The molecule has 0 aromatic heterocycles. The van der Waals surface area contributed by atoms with Crippen LogP contribution in [-0.4, -0.2) is 61.8 Å². The molecular weight excluding hydrogens is 371 g/mol. The lowest BCUT2D eigenvalue weighted by Crippen LogP contribution is -2.42. The molecular formula is C23H37FN2O3. The average molecular weight is 409 g/mol. The van der Waals surface area contributed by atoms with Crippen molar-refractivity contribution in [3.05, 3.63) is 30.1 Å². The lowest BCUT2D eigenvalue weighted by atomic mass is 9.92. The SMILES string of the molecule is CCCCCN(C)CCCO[C@H]1CC[C@H](N(C)C(=O)Oc2ccc(F)cc2)CC1. The van der Waals surface area contributed by atoms with E-state index in [2.05, 4.69) is 18.9 Å². The number of amides is 1. The van der Waals surface area contributed by atoms with Crippen LogP contribution < -0.4 is 4.74 Å². The smallest absolute Gasteiger partial charge is 0.410 e.